The quantitative estimate of drug-likeness (QED) is 0.192. The molecule has 0 fully saturated rings. The molecule has 0 saturated heterocycles. The van der Waals surface area contributed by atoms with E-state index in [9.17, 15) is 0 Å². The molecule has 0 aromatic heterocycles. The Kier molecular flexibility index (Phi) is 5.71. The van der Waals surface area contributed by atoms with Crippen LogP contribution in [0.5, 0.6) is 0 Å². The number of fused-ring (bicyclic) bond motifs is 7. The lowest BCUT2D eigenvalue weighted by atomic mass is 9.66. The summed E-state index contributed by atoms with van der Waals surface area (Å²) in [4.78, 5) is 0. The highest BCUT2D eigenvalue weighted by molar-refractivity contribution is 6.17. The van der Waals surface area contributed by atoms with Crippen molar-refractivity contribution in [1.29, 1.82) is 0 Å². The molecule has 0 aliphatic heterocycles. The van der Waals surface area contributed by atoms with E-state index in [1.807, 2.05) is 0 Å². The van der Waals surface area contributed by atoms with E-state index < -0.39 is 5.41 Å². The minimum absolute atomic E-state index is 0.0491. The molecule has 0 spiro atoms. The maximum absolute atomic E-state index is 2.48. The van der Waals surface area contributed by atoms with Crippen molar-refractivity contribution in [1.82, 2.24) is 0 Å². The van der Waals surface area contributed by atoms with E-state index in [1.165, 1.54) is 71.6 Å². The maximum Gasteiger partial charge on any atom is 0.0719 e. The Morgan fingerprint density at radius 3 is 1.60 bits per heavy atom. The normalized spacial score (nSPS) is 13.7. The van der Waals surface area contributed by atoms with E-state index in [0.29, 0.717) is 0 Å². The monoisotopic (exact) mass is 550 g/mol. The van der Waals surface area contributed by atoms with Crippen LogP contribution in [0.25, 0.3) is 43.8 Å². The Balaban J connectivity index is 1.61. The van der Waals surface area contributed by atoms with Crippen LogP contribution in [0.2, 0.25) is 0 Å². The summed E-state index contributed by atoms with van der Waals surface area (Å²) in [5.41, 5.74) is 11.5. The summed E-state index contributed by atoms with van der Waals surface area (Å²) in [7, 11) is 0. The molecule has 206 valence electrons. The fourth-order valence-electron chi connectivity index (χ4n) is 7.50. The summed E-state index contributed by atoms with van der Waals surface area (Å²) in [6.07, 6.45) is 0. The van der Waals surface area contributed by atoms with Crippen LogP contribution in [-0.4, -0.2) is 0 Å². The number of hydrogen-bond donors (Lipinski definition) is 0. The average Bonchev–Trinajstić information content (AvgIpc) is 3.36. The van der Waals surface area contributed by atoms with Crippen LogP contribution < -0.4 is 0 Å². The van der Waals surface area contributed by atoms with Gasteiger partial charge in [-0.2, -0.15) is 0 Å². The van der Waals surface area contributed by atoms with Crippen molar-refractivity contribution in [3.8, 4) is 22.3 Å². The van der Waals surface area contributed by atoms with Gasteiger partial charge in [0, 0.05) is 0 Å². The molecule has 0 heterocycles. The Hall–Kier alpha value is -4.94. The molecule has 43 heavy (non-hydrogen) atoms. The third-order valence-electron chi connectivity index (χ3n) is 9.49. The van der Waals surface area contributed by atoms with E-state index in [0.717, 1.165) is 0 Å². The molecule has 0 bridgehead atoms. The molecule has 7 aromatic rings. The van der Waals surface area contributed by atoms with Crippen LogP contribution in [0.1, 0.15) is 48.6 Å². The summed E-state index contributed by atoms with van der Waals surface area (Å²) in [6, 6.07) is 56.6. The van der Waals surface area contributed by atoms with Gasteiger partial charge in [0.1, 0.15) is 0 Å². The van der Waals surface area contributed by atoms with Gasteiger partial charge in [0.05, 0.1) is 5.41 Å². The molecule has 0 atom stereocenters. The van der Waals surface area contributed by atoms with E-state index >= 15 is 0 Å². The van der Waals surface area contributed by atoms with Gasteiger partial charge < -0.3 is 0 Å². The molecule has 0 amide bonds. The standard InChI is InChI=1S/C43H34/c1-42(2,3)32-23-26-40-38(27-32)36-25-24-35-33-21-13-14-22-34(33)37(29-15-7-4-8-16-29)28-39(35)41(36)43(40,30-17-9-5-10-18-30)31-19-11-6-12-20-31/h4-28H,1-3H3. The molecule has 0 N–H and O–H groups in total. The van der Waals surface area contributed by atoms with Crippen molar-refractivity contribution in [2.75, 3.05) is 0 Å². The summed E-state index contributed by atoms with van der Waals surface area (Å²) < 4.78 is 0. The third-order valence-corrected chi connectivity index (χ3v) is 9.49. The Labute approximate surface area is 254 Å². The van der Waals surface area contributed by atoms with Crippen LogP contribution in [0.3, 0.4) is 0 Å². The molecule has 8 rings (SSSR count). The fraction of sp³-hybridized carbons (Fsp3) is 0.116. The lowest BCUT2D eigenvalue weighted by molar-refractivity contribution is 0.590. The SMILES string of the molecule is CC(C)(C)c1ccc2c(c1)-c1ccc3c(cc(-c4ccccc4)c4ccccc43)c1C2(c1ccccc1)c1ccccc1. The molecular weight excluding hydrogens is 516 g/mol. The molecule has 0 nitrogen and oxygen atoms in total. The maximum atomic E-state index is 2.48. The van der Waals surface area contributed by atoms with Gasteiger partial charge >= 0.3 is 0 Å². The zero-order chi connectivity index (χ0) is 29.2. The van der Waals surface area contributed by atoms with Crippen LogP contribution in [0, 0.1) is 0 Å². The van der Waals surface area contributed by atoms with E-state index in [-0.39, 0.29) is 5.41 Å². The van der Waals surface area contributed by atoms with Gasteiger partial charge in [-0.05, 0) is 83.1 Å². The highest BCUT2D eigenvalue weighted by Gasteiger charge is 2.47. The second-order valence-corrected chi connectivity index (χ2v) is 12.9. The van der Waals surface area contributed by atoms with Gasteiger partial charge in [-0.3, -0.25) is 0 Å². The molecule has 0 saturated carbocycles. The molecule has 0 heteroatoms. The van der Waals surface area contributed by atoms with E-state index in [1.54, 1.807) is 0 Å². The van der Waals surface area contributed by atoms with Crippen LogP contribution >= 0.6 is 0 Å². The summed E-state index contributed by atoms with van der Waals surface area (Å²) in [5, 5.41) is 5.20. The van der Waals surface area contributed by atoms with Crippen molar-refractivity contribution >= 4 is 21.5 Å². The van der Waals surface area contributed by atoms with Gasteiger partial charge in [0.15, 0.2) is 0 Å². The number of rotatable bonds is 3. The summed E-state index contributed by atoms with van der Waals surface area (Å²) in [6.45, 7) is 6.93. The zero-order valence-corrected chi connectivity index (χ0v) is 24.9. The molecule has 7 aromatic carbocycles. The van der Waals surface area contributed by atoms with Gasteiger partial charge in [-0.15, -0.1) is 0 Å². The Bertz CT molecular complexity index is 2090. The third kappa shape index (κ3) is 3.76. The molecule has 1 aliphatic rings. The van der Waals surface area contributed by atoms with E-state index in [2.05, 4.69) is 172 Å². The van der Waals surface area contributed by atoms with Gasteiger partial charge in [-0.1, -0.05) is 166 Å². The molecule has 0 unspecified atom stereocenters. The predicted octanol–water partition coefficient (Wildman–Crippen LogP) is 11.3. The van der Waals surface area contributed by atoms with E-state index in [4.69, 9.17) is 0 Å². The number of benzene rings is 7. The second-order valence-electron chi connectivity index (χ2n) is 12.9. The van der Waals surface area contributed by atoms with Crippen molar-refractivity contribution < 1.29 is 0 Å². The highest BCUT2D eigenvalue weighted by atomic mass is 14.5. The van der Waals surface area contributed by atoms with Crippen LogP contribution in [-0.2, 0) is 10.8 Å². The largest absolute Gasteiger partial charge is 0.0719 e. The first kappa shape index (κ1) is 25.7. The van der Waals surface area contributed by atoms with Gasteiger partial charge in [0.25, 0.3) is 0 Å². The lowest BCUT2D eigenvalue weighted by Crippen LogP contribution is -2.29. The predicted molar refractivity (Wildman–Crippen MR) is 183 cm³/mol. The van der Waals surface area contributed by atoms with Gasteiger partial charge in [0.2, 0.25) is 0 Å². The molecule has 1 aliphatic carbocycles. The summed E-state index contributed by atoms with van der Waals surface area (Å²) >= 11 is 0. The minimum Gasteiger partial charge on any atom is -0.0622 e. The fourth-order valence-corrected chi connectivity index (χ4v) is 7.50. The first-order valence-corrected chi connectivity index (χ1v) is 15.3. The first-order valence-electron chi connectivity index (χ1n) is 15.3. The van der Waals surface area contributed by atoms with Crippen molar-refractivity contribution in [3.05, 3.63) is 179 Å². The van der Waals surface area contributed by atoms with Crippen molar-refractivity contribution in [2.24, 2.45) is 0 Å². The van der Waals surface area contributed by atoms with Crippen molar-refractivity contribution in [3.63, 3.8) is 0 Å². The molecule has 0 radical (unpaired) electrons. The lowest BCUT2D eigenvalue weighted by Gasteiger charge is -2.35. The number of hydrogen-bond acceptors (Lipinski definition) is 0. The Morgan fingerprint density at radius 2 is 0.977 bits per heavy atom. The van der Waals surface area contributed by atoms with Crippen LogP contribution in [0.4, 0.5) is 0 Å². The zero-order valence-electron chi connectivity index (χ0n) is 24.9. The topological polar surface area (TPSA) is 0 Å². The van der Waals surface area contributed by atoms with Crippen molar-refractivity contribution in [2.45, 2.75) is 31.6 Å². The smallest absolute Gasteiger partial charge is 0.0622 e. The second kappa shape index (κ2) is 9.54. The summed E-state index contributed by atoms with van der Waals surface area (Å²) in [5.74, 6) is 0. The van der Waals surface area contributed by atoms with Gasteiger partial charge in [-0.25, -0.2) is 0 Å². The first-order chi connectivity index (χ1) is 21.0. The average molecular weight is 551 g/mol. The van der Waals surface area contributed by atoms with Crippen LogP contribution in [0.15, 0.2) is 152 Å². The Morgan fingerprint density at radius 1 is 0.419 bits per heavy atom. The molecular formula is C43H34. The highest BCUT2D eigenvalue weighted by Crippen LogP contribution is 2.59. The minimum atomic E-state index is -0.459.